The van der Waals surface area contributed by atoms with Crippen molar-refractivity contribution < 1.29 is 4.79 Å². The van der Waals surface area contributed by atoms with Crippen LogP contribution in [-0.2, 0) is 0 Å². The quantitative estimate of drug-likeness (QED) is 0.854. The largest absolute Gasteiger partial charge is 0.368 e. The van der Waals surface area contributed by atoms with Crippen molar-refractivity contribution >= 4 is 29.0 Å². The average molecular weight is 358 g/mol. The molecule has 1 saturated heterocycles. The van der Waals surface area contributed by atoms with Crippen LogP contribution in [0.2, 0.25) is 5.02 Å². The summed E-state index contributed by atoms with van der Waals surface area (Å²) in [6.45, 7) is 7.49. The lowest BCUT2D eigenvalue weighted by Crippen LogP contribution is -2.50. The molecule has 0 radical (unpaired) electrons. The minimum absolute atomic E-state index is 0.0927. The fourth-order valence-corrected chi connectivity index (χ4v) is 3.35. The Morgan fingerprint density at radius 1 is 1.00 bits per heavy atom. The van der Waals surface area contributed by atoms with Gasteiger partial charge in [-0.3, -0.25) is 0 Å². The van der Waals surface area contributed by atoms with E-state index in [4.69, 9.17) is 11.6 Å². The van der Waals surface area contributed by atoms with Gasteiger partial charge in [-0.15, -0.1) is 0 Å². The van der Waals surface area contributed by atoms with Gasteiger partial charge in [0, 0.05) is 31.9 Å². The summed E-state index contributed by atoms with van der Waals surface area (Å²) in [5, 5.41) is 3.46. The molecular formula is C20H24ClN3O. The van der Waals surface area contributed by atoms with Crippen LogP contribution < -0.4 is 10.2 Å². The Morgan fingerprint density at radius 3 is 2.32 bits per heavy atom. The predicted molar refractivity (Wildman–Crippen MR) is 105 cm³/mol. The molecule has 2 aromatic rings. The maximum Gasteiger partial charge on any atom is 0.322 e. The minimum Gasteiger partial charge on any atom is -0.368 e. The number of nitrogens with one attached hydrogen (secondary N) is 1. The highest BCUT2D eigenvalue weighted by Crippen LogP contribution is 2.28. The van der Waals surface area contributed by atoms with Crippen LogP contribution in [0, 0.1) is 0 Å². The first-order valence-electron chi connectivity index (χ1n) is 8.70. The van der Waals surface area contributed by atoms with Crippen molar-refractivity contribution in [1.29, 1.82) is 0 Å². The van der Waals surface area contributed by atoms with Crippen LogP contribution in [-0.4, -0.2) is 37.1 Å². The van der Waals surface area contributed by atoms with Gasteiger partial charge >= 0.3 is 6.03 Å². The van der Waals surface area contributed by atoms with E-state index in [9.17, 15) is 4.79 Å². The van der Waals surface area contributed by atoms with Gasteiger partial charge in [0.1, 0.15) is 0 Å². The lowest BCUT2D eigenvalue weighted by atomic mass is 10.00. The Labute approximate surface area is 154 Å². The summed E-state index contributed by atoms with van der Waals surface area (Å²) >= 11 is 6.12. The third-order valence-corrected chi connectivity index (χ3v) is 4.91. The van der Waals surface area contributed by atoms with Gasteiger partial charge in [-0.2, -0.15) is 0 Å². The molecule has 5 heteroatoms. The number of para-hydroxylation sites is 2. The zero-order chi connectivity index (χ0) is 17.8. The minimum atomic E-state index is -0.0927. The van der Waals surface area contributed by atoms with Crippen LogP contribution in [0.5, 0.6) is 0 Å². The second-order valence-corrected chi connectivity index (χ2v) is 7.00. The number of piperazine rings is 1. The van der Waals surface area contributed by atoms with E-state index < -0.39 is 0 Å². The molecular weight excluding hydrogens is 334 g/mol. The number of carbonyl (C=O) groups is 1. The molecule has 4 nitrogen and oxygen atoms in total. The SMILES string of the molecule is CC(C)c1ccccc1N1CCN(C(=O)Nc2ccccc2Cl)CC1. The maximum atomic E-state index is 12.5. The third kappa shape index (κ3) is 4.07. The normalized spacial score (nSPS) is 14.7. The number of nitrogens with zero attached hydrogens (tertiary/aromatic N) is 2. The molecule has 25 heavy (non-hydrogen) atoms. The van der Waals surface area contributed by atoms with Gasteiger partial charge in [-0.1, -0.05) is 55.8 Å². The van der Waals surface area contributed by atoms with E-state index in [1.54, 1.807) is 6.07 Å². The fraction of sp³-hybridized carbons (Fsp3) is 0.350. The van der Waals surface area contributed by atoms with Crippen molar-refractivity contribution in [3.8, 4) is 0 Å². The maximum absolute atomic E-state index is 12.5. The van der Waals surface area contributed by atoms with E-state index >= 15 is 0 Å². The van der Waals surface area contributed by atoms with Crippen LogP contribution in [0.4, 0.5) is 16.2 Å². The highest BCUT2D eigenvalue weighted by atomic mass is 35.5. The smallest absolute Gasteiger partial charge is 0.322 e. The molecule has 0 unspecified atom stereocenters. The van der Waals surface area contributed by atoms with Crippen LogP contribution in [0.1, 0.15) is 25.3 Å². The van der Waals surface area contributed by atoms with E-state index in [2.05, 4.69) is 48.3 Å². The molecule has 1 aliphatic rings. The first-order chi connectivity index (χ1) is 12.1. The van der Waals surface area contributed by atoms with Crippen molar-refractivity contribution in [2.24, 2.45) is 0 Å². The lowest BCUT2D eigenvalue weighted by molar-refractivity contribution is 0.208. The summed E-state index contributed by atoms with van der Waals surface area (Å²) < 4.78 is 0. The highest BCUT2D eigenvalue weighted by Gasteiger charge is 2.23. The van der Waals surface area contributed by atoms with Gasteiger partial charge < -0.3 is 15.1 Å². The molecule has 2 aromatic carbocycles. The van der Waals surface area contributed by atoms with E-state index in [0.717, 1.165) is 13.1 Å². The highest BCUT2D eigenvalue weighted by molar-refractivity contribution is 6.33. The molecule has 1 N–H and O–H groups in total. The van der Waals surface area contributed by atoms with Crippen molar-refractivity contribution in [1.82, 2.24) is 4.90 Å². The Hall–Kier alpha value is -2.20. The number of halogens is 1. The Bertz CT molecular complexity index is 739. The topological polar surface area (TPSA) is 35.6 Å². The molecule has 0 spiro atoms. The van der Waals surface area contributed by atoms with Crippen molar-refractivity contribution in [2.75, 3.05) is 36.4 Å². The number of benzene rings is 2. The molecule has 0 atom stereocenters. The summed E-state index contributed by atoms with van der Waals surface area (Å²) in [5.41, 5.74) is 3.29. The summed E-state index contributed by atoms with van der Waals surface area (Å²) in [6.07, 6.45) is 0. The molecule has 0 aromatic heterocycles. The lowest BCUT2D eigenvalue weighted by Gasteiger charge is -2.37. The van der Waals surface area contributed by atoms with Crippen LogP contribution in [0.25, 0.3) is 0 Å². The summed E-state index contributed by atoms with van der Waals surface area (Å²) in [4.78, 5) is 16.7. The average Bonchev–Trinajstić information content (AvgIpc) is 2.63. The number of urea groups is 1. The van der Waals surface area contributed by atoms with Gasteiger partial charge in [0.2, 0.25) is 0 Å². The number of rotatable bonds is 3. The molecule has 1 fully saturated rings. The van der Waals surface area contributed by atoms with Gasteiger partial charge in [-0.05, 0) is 29.7 Å². The summed E-state index contributed by atoms with van der Waals surface area (Å²) in [6, 6.07) is 15.7. The third-order valence-electron chi connectivity index (χ3n) is 4.58. The monoisotopic (exact) mass is 357 g/mol. The van der Waals surface area contributed by atoms with Crippen LogP contribution in [0.3, 0.4) is 0 Å². The zero-order valence-electron chi connectivity index (χ0n) is 14.7. The van der Waals surface area contributed by atoms with E-state index in [1.165, 1.54) is 11.3 Å². The molecule has 1 aliphatic heterocycles. The first-order valence-corrected chi connectivity index (χ1v) is 9.08. The Balaban J connectivity index is 1.62. The van der Waals surface area contributed by atoms with Crippen molar-refractivity contribution in [2.45, 2.75) is 19.8 Å². The number of hydrogen-bond acceptors (Lipinski definition) is 2. The second kappa shape index (κ2) is 7.79. The number of amides is 2. The molecule has 0 bridgehead atoms. The van der Waals surface area contributed by atoms with Gasteiger partial charge in [-0.25, -0.2) is 4.79 Å². The molecule has 132 valence electrons. The van der Waals surface area contributed by atoms with Gasteiger partial charge in [0.15, 0.2) is 0 Å². The van der Waals surface area contributed by atoms with Crippen molar-refractivity contribution in [3.05, 3.63) is 59.1 Å². The fourth-order valence-electron chi connectivity index (χ4n) is 3.17. The van der Waals surface area contributed by atoms with Gasteiger partial charge in [0.25, 0.3) is 0 Å². The number of carbonyl (C=O) groups excluding carboxylic acids is 1. The number of hydrogen-bond donors (Lipinski definition) is 1. The van der Waals surface area contributed by atoms with Gasteiger partial charge in [0.05, 0.1) is 10.7 Å². The standard InChI is InChI=1S/C20H24ClN3O/c1-15(2)16-7-3-6-10-19(16)23-11-13-24(14-12-23)20(25)22-18-9-5-4-8-17(18)21/h3-10,15H,11-14H2,1-2H3,(H,22,25). The summed E-state index contributed by atoms with van der Waals surface area (Å²) in [5.74, 6) is 0.484. The first kappa shape index (κ1) is 17.6. The van der Waals surface area contributed by atoms with Crippen LogP contribution >= 0.6 is 11.6 Å². The molecule has 1 heterocycles. The van der Waals surface area contributed by atoms with E-state index in [1.807, 2.05) is 23.1 Å². The van der Waals surface area contributed by atoms with E-state index in [-0.39, 0.29) is 6.03 Å². The molecule has 3 rings (SSSR count). The second-order valence-electron chi connectivity index (χ2n) is 6.60. The van der Waals surface area contributed by atoms with E-state index in [0.29, 0.717) is 29.7 Å². The molecule has 0 aliphatic carbocycles. The Morgan fingerprint density at radius 2 is 1.64 bits per heavy atom. The predicted octanol–water partition coefficient (Wildman–Crippen LogP) is 4.82. The molecule has 0 saturated carbocycles. The van der Waals surface area contributed by atoms with Crippen molar-refractivity contribution in [3.63, 3.8) is 0 Å². The zero-order valence-corrected chi connectivity index (χ0v) is 15.5. The summed E-state index contributed by atoms with van der Waals surface area (Å²) in [7, 11) is 0. The Kier molecular flexibility index (Phi) is 5.49. The van der Waals surface area contributed by atoms with Crippen LogP contribution in [0.15, 0.2) is 48.5 Å². The number of anilines is 2. The molecule has 2 amide bonds.